The summed E-state index contributed by atoms with van der Waals surface area (Å²) in [7, 11) is 0. The van der Waals surface area contributed by atoms with E-state index in [2.05, 4.69) is 24.8 Å². The molecule has 1 fully saturated rings. The molecular weight excluding hydrogens is 210 g/mol. The minimum absolute atomic E-state index is 0.570. The van der Waals surface area contributed by atoms with Gasteiger partial charge in [0, 0.05) is 30.4 Å². The number of rotatable bonds is 2. The second-order valence-electron chi connectivity index (χ2n) is 5.32. The van der Waals surface area contributed by atoms with Crippen molar-refractivity contribution < 1.29 is 0 Å². The molecule has 17 heavy (non-hydrogen) atoms. The van der Waals surface area contributed by atoms with Gasteiger partial charge in [-0.1, -0.05) is 13.0 Å². The van der Waals surface area contributed by atoms with Crippen LogP contribution in [0.15, 0.2) is 12.1 Å². The van der Waals surface area contributed by atoms with Crippen LogP contribution in [0.3, 0.4) is 0 Å². The molecule has 0 aromatic carbocycles. The summed E-state index contributed by atoms with van der Waals surface area (Å²) in [5, 5.41) is 0. The van der Waals surface area contributed by atoms with Gasteiger partial charge in [0.1, 0.15) is 5.82 Å². The number of piperidine rings is 1. The Morgan fingerprint density at radius 3 is 2.82 bits per heavy atom. The molecule has 2 unspecified atom stereocenters. The molecule has 1 aliphatic heterocycles. The lowest BCUT2D eigenvalue weighted by molar-refractivity contribution is 0.387. The topological polar surface area (TPSA) is 42.1 Å². The third-order valence-corrected chi connectivity index (χ3v) is 3.70. The fourth-order valence-corrected chi connectivity index (χ4v) is 2.56. The molecule has 1 aliphatic rings. The number of hydrogen-bond donors (Lipinski definition) is 1. The van der Waals surface area contributed by atoms with Gasteiger partial charge in [-0.15, -0.1) is 0 Å². The van der Waals surface area contributed by atoms with E-state index in [1.807, 2.05) is 13.0 Å². The third-order valence-electron chi connectivity index (χ3n) is 3.70. The Hall–Kier alpha value is -1.09. The maximum Gasteiger partial charge on any atom is 0.133 e. The smallest absolute Gasteiger partial charge is 0.133 e. The molecule has 0 amide bonds. The normalized spacial score (nSPS) is 25.1. The molecule has 2 heterocycles. The largest absolute Gasteiger partial charge is 0.353 e. The number of nitrogens with zero attached hydrogens (tertiary/aromatic N) is 2. The Kier molecular flexibility index (Phi) is 3.67. The van der Waals surface area contributed by atoms with E-state index in [1.54, 1.807) is 0 Å². The zero-order valence-corrected chi connectivity index (χ0v) is 11.1. The predicted molar refractivity (Wildman–Crippen MR) is 72.1 cm³/mol. The highest BCUT2D eigenvalue weighted by atomic mass is 15.2. The first-order chi connectivity index (χ1) is 8.11. The highest BCUT2D eigenvalue weighted by Gasteiger charge is 2.25. The van der Waals surface area contributed by atoms with Crippen LogP contribution in [0.2, 0.25) is 0 Å². The zero-order valence-electron chi connectivity index (χ0n) is 11.1. The highest BCUT2D eigenvalue weighted by Crippen LogP contribution is 2.28. The SMILES string of the molecule is Cc1ccc(CN)c(N2CC(C)CCC2C)n1. The monoisotopic (exact) mass is 233 g/mol. The lowest BCUT2D eigenvalue weighted by Crippen LogP contribution is -2.42. The second-order valence-corrected chi connectivity index (χ2v) is 5.32. The molecule has 1 aromatic heterocycles. The fraction of sp³-hybridized carbons (Fsp3) is 0.643. The molecule has 0 aliphatic carbocycles. The molecule has 2 rings (SSSR count). The second kappa shape index (κ2) is 5.05. The van der Waals surface area contributed by atoms with E-state index in [1.165, 1.54) is 12.8 Å². The molecule has 0 bridgehead atoms. The molecule has 3 nitrogen and oxygen atoms in total. The molecule has 0 radical (unpaired) electrons. The maximum atomic E-state index is 5.82. The lowest BCUT2D eigenvalue weighted by Gasteiger charge is -2.38. The van der Waals surface area contributed by atoms with Crippen LogP contribution < -0.4 is 10.6 Å². The van der Waals surface area contributed by atoms with Crippen LogP contribution in [0.4, 0.5) is 5.82 Å². The first-order valence-electron chi connectivity index (χ1n) is 6.55. The van der Waals surface area contributed by atoms with Gasteiger partial charge >= 0.3 is 0 Å². The minimum atomic E-state index is 0.570. The van der Waals surface area contributed by atoms with Crippen molar-refractivity contribution in [1.29, 1.82) is 0 Å². The summed E-state index contributed by atoms with van der Waals surface area (Å²) in [6, 6.07) is 4.73. The van der Waals surface area contributed by atoms with E-state index in [4.69, 9.17) is 10.7 Å². The van der Waals surface area contributed by atoms with Gasteiger partial charge < -0.3 is 10.6 Å². The first kappa shape index (κ1) is 12.4. The molecule has 0 spiro atoms. The average Bonchev–Trinajstić information content (AvgIpc) is 2.32. The highest BCUT2D eigenvalue weighted by molar-refractivity contribution is 5.49. The van der Waals surface area contributed by atoms with Crippen molar-refractivity contribution in [2.45, 2.75) is 46.2 Å². The summed E-state index contributed by atoms with van der Waals surface area (Å²) in [6.45, 7) is 8.32. The van der Waals surface area contributed by atoms with Crippen molar-refractivity contribution in [3.8, 4) is 0 Å². The van der Waals surface area contributed by atoms with Crippen molar-refractivity contribution in [2.75, 3.05) is 11.4 Å². The van der Waals surface area contributed by atoms with Gasteiger partial charge in [0.25, 0.3) is 0 Å². The van der Waals surface area contributed by atoms with Crippen molar-refractivity contribution in [1.82, 2.24) is 4.98 Å². The van der Waals surface area contributed by atoms with E-state index < -0.39 is 0 Å². The van der Waals surface area contributed by atoms with Crippen LogP contribution in [0.25, 0.3) is 0 Å². The Bertz CT molecular complexity index is 389. The summed E-state index contributed by atoms with van der Waals surface area (Å²) in [6.07, 6.45) is 2.57. The van der Waals surface area contributed by atoms with Crippen LogP contribution in [0, 0.1) is 12.8 Å². The van der Waals surface area contributed by atoms with Gasteiger partial charge in [-0.05, 0) is 38.7 Å². The van der Waals surface area contributed by atoms with Crippen LogP contribution in [-0.4, -0.2) is 17.6 Å². The third kappa shape index (κ3) is 2.60. The van der Waals surface area contributed by atoms with Crippen molar-refractivity contribution in [2.24, 2.45) is 11.7 Å². The van der Waals surface area contributed by atoms with Crippen LogP contribution >= 0.6 is 0 Å². The van der Waals surface area contributed by atoms with E-state index in [9.17, 15) is 0 Å². The summed E-state index contributed by atoms with van der Waals surface area (Å²) >= 11 is 0. The number of aryl methyl sites for hydroxylation is 1. The lowest BCUT2D eigenvalue weighted by atomic mass is 9.94. The van der Waals surface area contributed by atoms with Crippen molar-refractivity contribution in [3.63, 3.8) is 0 Å². The van der Waals surface area contributed by atoms with E-state index in [-0.39, 0.29) is 0 Å². The molecule has 1 aromatic rings. The van der Waals surface area contributed by atoms with Crippen molar-refractivity contribution in [3.05, 3.63) is 23.4 Å². The standard InChI is InChI=1S/C14H23N3/c1-10-4-6-12(3)17(9-10)14-13(8-15)7-5-11(2)16-14/h5,7,10,12H,4,6,8-9,15H2,1-3H3. The zero-order chi connectivity index (χ0) is 12.4. The Morgan fingerprint density at radius 1 is 1.35 bits per heavy atom. The summed E-state index contributed by atoms with van der Waals surface area (Å²) in [4.78, 5) is 7.13. The fourth-order valence-electron chi connectivity index (χ4n) is 2.56. The predicted octanol–water partition coefficient (Wildman–Crippen LogP) is 2.47. The van der Waals surface area contributed by atoms with Crippen LogP contribution in [0.5, 0.6) is 0 Å². The molecule has 2 N–H and O–H groups in total. The molecule has 0 saturated carbocycles. The van der Waals surface area contributed by atoms with Crippen LogP contribution in [-0.2, 0) is 6.54 Å². The molecule has 94 valence electrons. The number of nitrogens with two attached hydrogens (primary N) is 1. The minimum Gasteiger partial charge on any atom is -0.353 e. The quantitative estimate of drug-likeness (QED) is 0.853. The maximum absolute atomic E-state index is 5.82. The Morgan fingerprint density at radius 2 is 2.12 bits per heavy atom. The molecular formula is C14H23N3. The van der Waals surface area contributed by atoms with Gasteiger partial charge in [0.05, 0.1) is 0 Å². The van der Waals surface area contributed by atoms with E-state index in [0.29, 0.717) is 12.6 Å². The Balaban J connectivity index is 2.33. The van der Waals surface area contributed by atoms with Gasteiger partial charge in [-0.25, -0.2) is 4.98 Å². The van der Waals surface area contributed by atoms with E-state index in [0.717, 1.165) is 29.5 Å². The van der Waals surface area contributed by atoms with Gasteiger partial charge in [0.2, 0.25) is 0 Å². The summed E-state index contributed by atoms with van der Waals surface area (Å²) in [5.41, 5.74) is 8.06. The number of pyridine rings is 1. The molecule has 2 atom stereocenters. The molecule has 3 heteroatoms. The van der Waals surface area contributed by atoms with E-state index >= 15 is 0 Å². The number of hydrogen-bond acceptors (Lipinski definition) is 3. The van der Waals surface area contributed by atoms with Gasteiger partial charge in [-0.3, -0.25) is 0 Å². The first-order valence-corrected chi connectivity index (χ1v) is 6.55. The van der Waals surface area contributed by atoms with Crippen LogP contribution in [0.1, 0.15) is 37.9 Å². The number of aromatic nitrogens is 1. The number of anilines is 1. The summed E-state index contributed by atoms with van der Waals surface area (Å²) < 4.78 is 0. The van der Waals surface area contributed by atoms with Gasteiger partial charge in [0.15, 0.2) is 0 Å². The van der Waals surface area contributed by atoms with Gasteiger partial charge in [-0.2, -0.15) is 0 Å². The Labute approximate surface area is 104 Å². The van der Waals surface area contributed by atoms with Crippen molar-refractivity contribution >= 4 is 5.82 Å². The average molecular weight is 233 g/mol. The summed E-state index contributed by atoms with van der Waals surface area (Å²) in [5.74, 6) is 1.85. The molecule has 1 saturated heterocycles.